The highest BCUT2D eigenvalue weighted by molar-refractivity contribution is 5.67. The first-order chi connectivity index (χ1) is 9.65. The number of ether oxygens (including phenoxy) is 1. The molecule has 1 aromatic carbocycles. The maximum Gasteiger partial charge on any atom is 0.407 e. The molecule has 1 aromatic rings. The molecule has 0 saturated carbocycles. The summed E-state index contributed by atoms with van der Waals surface area (Å²) in [6.07, 6.45) is 6.71. The molecule has 0 aromatic heterocycles. The Kier molecular flexibility index (Phi) is 4.65. The highest BCUT2D eigenvalue weighted by Gasteiger charge is 2.23. The Morgan fingerprint density at radius 3 is 3.10 bits per heavy atom. The summed E-state index contributed by atoms with van der Waals surface area (Å²) in [5.41, 5.74) is 3.63. The molecule has 2 N–H and O–H groups in total. The van der Waals surface area contributed by atoms with E-state index in [4.69, 9.17) is 11.2 Å². The Labute approximate surface area is 119 Å². The highest BCUT2D eigenvalue weighted by atomic mass is 16.6. The van der Waals surface area contributed by atoms with Crippen LogP contribution >= 0.6 is 0 Å². The Hall–Kier alpha value is -1.99. The van der Waals surface area contributed by atoms with Crippen molar-refractivity contribution in [2.75, 3.05) is 13.6 Å². The van der Waals surface area contributed by atoms with Gasteiger partial charge in [0.1, 0.15) is 6.10 Å². The number of aryl methyl sites for hydroxylation is 1. The molecule has 0 aliphatic heterocycles. The van der Waals surface area contributed by atoms with Gasteiger partial charge in [-0.1, -0.05) is 24.1 Å². The largest absolute Gasteiger partial charge is 0.442 e. The molecule has 2 atom stereocenters. The smallest absolute Gasteiger partial charge is 0.407 e. The molecule has 0 heterocycles. The third kappa shape index (κ3) is 3.12. The fraction of sp³-hybridized carbons (Fsp3) is 0.438. The van der Waals surface area contributed by atoms with Crippen molar-refractivity contribution in [3.8, 4) is 12.3 Å². The molecule has 1 aliphatic carbocycles. The number of carbonyl (C=O) groups excluding carboxylic acids is 1. The minimum absolute atomic E-state index is 0.252. The minimum atomic E-state index is -0.411. The zero-order valence-corrected chi connectivity index (χ0v) is 11.9. The first kappa shape index (κ1) is 14.4. The topological polar surface area (TPSA) is 50.4 Å². The molecule has 2 rings (SSSR count). The van der Waals surface area contributed by atoms with Gasteiger partial charge in [0.15, 0.2) is 0 Å². The fourth-order valence-corrected chi connectivity index (χ4v) is 2.57. The van der Waals surface area contributed by atoms with E-state index in [2.05, 4.69) is 28.7 Å². The summed E-state index contributed by atoms with van der Waals surface area (Å²) < 4.78 is 5.24. The van der Waals surface area contributed by atoms with E-state index >= 15 is 0 Å². The van der Waals surface area contributed by atoms with E-state index in [1.165, 1.54) is 11.1 Å². The van der Waals surface area contributed by atoms with Crippen molar-refractivity contribution in [3.63, 3.8) is 0 Å². The molecule has 2 unspecified atom stereocenters. The molecule has 0 spiro atoms. The summed E-state index contributed by atoms with van der Waals surface area (Å²) >= 11 is 0. The van der Waals surface area contributed by atoms with Gasteiger partial charge in [0.2, 0.25) is 0 Å². The third-order valence-corrected chi connectivity index (χ3v) is 3.65. The van der Waals surface area contributed by atoms with Crippen LogP contribution in [0.3, 0.4) is 0 Å². The predicted octanol–water partition coefficient (Wildman–Crippen LogP) is 2.31. The molecular weight excluding hydrogens is 252 g/mol. The molecule has 4 nitrogen and oxygen atoms in total. The van der Waals surface area contributed by atoms with Gasteiger partial charge in [0, 0.05) is 13.1 Å². The number of terminal acetylenes is 1. The van der Waals surface area contributed by atoms with E-state index in [9.17, 15) is 4.79 Å². The molecule has 0 bridgehead atoms. The number of amides is 1. The van der Waals surface area contributed by atoms with Crippen molar-refractivity contribution < 1.29 is 9.53 Å². The number of alkyl carbamates (subject to hydrolysis) is 1. The average Bonchev–Trinajstić information content (AvgIpc) is 2.87. The fourth-order valence-electron chi connectivity index (χ4n) is 2.57. The number of benzene rings is 1. The van der Waals surface area contributed by atoms with Crippen LogP contribution in [0.2, 0.25) is 0 Å². The predicted molar refractivity (Wildman–Crippen MR) is 78.3 cm³/mol. The Balaban J connectivity index is 2.09. The summed E-state index contributed by atoms with van der Waals surface area (Å²) in [6, 6.07) is 6.59. The molecule has 0 saturated heterocycles. The van der Waals surface area contributed by atoms with E-state index in [0.29, 0.717) is 12.6 Å². The van der Waals surface area contributed by atoms with Gasteiger partial charge in [0.25, 0.3) is 0 Å². The van der Waals surface area contributed by atoms with Gasteiger partial charge in [0.05, 0.1) is 6.54 Å². The summed E-state index contributed by atoms with van der Waals surface area (Å²) in [5.74, 6) is 2.61. The molecule has 20 heavy (non-hydrogen) atoms. The van der Waals surface area contributed by atoms with Crippen LogP contribution in [-0.2, 0) is 11.2 Å². The highest BCUT2D eigenvalue weighted by Crippen LogP contribution is 2.33. The zero-order valence-electron chi connectivity index (χ0n) is 11.9. The Morgan fingerprint density at radius 1 is 1.60 bits per heavy atom. The molecule has 0 radical (unpaired) electrons. The van der Waals surface area contributed by atoms with Gasteiger partial charge in [-0.25, -0.2) is 4.79 Å². The number of rotatable bonds is 4. The maximum absolute atomic E-state index is 11.2. The molecule has 0 fully saturated rings. The van der Waals surface area contributed by atoms with Crippen LogP contribution in [0.1, 0.15) is 42.2 Å². The van der Waals surface area contributed by atoms with E-state index in [1.807, 2.05) is 13.0 Å². The van der Waals surface area contributed by atoms with E-state index in [-0.39, 0.29) is 6.10 Å². The number of fused-ring (bicyclic) bond motifs is 1. The number of hydrogen-bond acceptors (Lipinski definition) is 3. The van der Waals surface area contributed by atoms with E-state index < -0.39 is 6.09 Å². The molecule has 106 valence electrons. The lowest BCUT2D eigenvalue weighted by molar-refractivity contribution is 0.109. The lowest BCUT2D eigenvalue weighted by Gasteiger charge is -2.16. The Morgan fingerprint density at radius 2 is 2.40 bits per heavy atom. The van der Waals surface area contributed by atoms with Crippen molar-refractivity contribution in [1.82, 2.24) is 10.6 Å². The lowest BCUT2D eigenvalue weighted by atomic mass is 10.0. The van der Waals surface area contributed by atoms with Crippen LogP contribution in [-0.4, -0.2) is 19.7 Å². The van der Waals surface area contributed by atoms with Crippen molar-refractivity contribution in [3.05, 3.63) is 34.9 Å². The molecule has 4 heteroatoms. The van der Waals surface area contributed by atoms with Gasteiger partial charge in [-0.05, 0) is 36.5 Å². The summed E-state index contributed by atoms with van der Waals surface area (Å²) in [4.78, 5) is 11.2. The normalized spacial score (nSPS) is 17.9. The average molecular weight is 272 g/mol. The molecule has 1 amide bonds. The van der Waals surface area contributed by atoms with Gasteiger partial charge in [-0.3, -0.25) is 5.32 Å². The van der Waals surface area contributed by atoms with Crippen molar-refractivity contribution in [2.24, 2.45) is 0 Å². The third-order valence-electron chi connectivity index (χ3n) is 3.65. The summed E-state index contributed by atoms with van der Waals surface area (Å²) in [7, 11) is 1.56. The van der Waals surface area contributed by atoms with Crippen LogP contribution in [0.5, 0.6) is 0 Å². The van der Waals surface area contributed by atoms with Gasteiger partial charge >= 0.3 is 6.09 Å². The summed E-state index contributed by atoms with van der Waals surface area (Å²) in [5, 5.41) is 5.80. The van der Waals surface area contributed by atoms with Gasteiger partial charge in [-0.2, -0.15) is 0 Å². The number of nitrogens with one attached hydrogen (secondary N) is 2. The maximum atomic E-state index is 11.2. The van der Waals surface area contributed by atoms with Crippen LogP contribution in [0.15, 0.2) is 18.2 Å². The molecular formula is C16H20N2O2. The lowest BCUT2D eigenvalue weighted by Crippen LogP contribution is -2.21. The van der Waals surface area contributed by atoms with Crippen molar-refractivity contribution >= 4 is 6.09 Å². The monoisotopic (exact) mass is 272 g/mol. The van der Waals surface area contributed by atoms with Crippen LogP contribution < -0.4 is 10.6 Å². The first-order valence-corrected chi connectivity index (χ1v) is 6.83. The SMILES string of the molecule is C#CCNC1CCc2cc(C(C)OC(=O)NC)ccc21. The number of hydrogen-bond donors (Lipinski definition) is 2. The number of carbonyl (C=O) groups is 1. The standard InChI is InChI=1S/C16H20N2O2/c1-4-9-18-15-8-6-13-10-12(5-7-14(13)15)11(2)20-16(19)17-3/h1,5,7,10-11,15,18H,6,8-9H2,2-3H3,(H,17,19). The van der Waals surface area contributed by atoms with Gasteiger partial charge < -0.3 is 10.1 Å². The van der Waals surface area contributed by atoms with Crippen molar-refractivity contribution in [1.29, 1.82) is 0 Å². The Bertz CT molecular complexity index is 534. The van der Waals surface area contributed by atoms with Crippen LogP contribution in [0, 0.1) is 12.3 Å². The first-order valence-electron chi connectivity index (χ1n) is 6.83. The second-order valence-corrected chi connectivity index (χ2v) is 4.93. The second kappa shape index (κ2) is 6.44. The van der Waals surface area contributed by atoms with Crippen LogP contribution in [0.25, 0.3) is 0 Å². The van der Waals surface area contributed by atoms with E-state index in [1.54, 1.807) is 7.05 Å². The second-order valence-electron chi connectivity index (χ2n) is 4.93. The van der Waals surface area contributed by atoms with E-state index in [0.717, 1.165) is 18.4 Å². The van der Waals surface area contributed by atoms with Crippen molar-refractivity contribution in [2.45, 2.75) is 31.9 Å². The van der Waals surface area contributed by atoms with Gasteiger partial charge in [-0.15, -0.1) is 6.42 Å². The minimum Gasteiger partial charge on any atom is -0.442 e. The summed E-state index contributed by atoms with van der Waals surface area (Å²) in [6.45, 7) is 2.46. The zero-order chi connectivity index (χ0) is 14.5. The van der Waals surface area contributed by atoms with Crippen LogP contribution in [0.4, 0.5) is 4.79 Å². The molecule has 1 aliphatic rings. The quantitative estimate of drug-likeness (QED) is 0.827.